The molecule has 1 fully saturated rings. The molecule has 2 aromatic rings. The van der Waals surface area contributed by atoms with Crippen LogP contribution in [-0.4, -0.2) is 25.6 Å². The first kappa shape index (κ1) is 11.3. The zero-order valence-corrected chi connectivity index (χ0v) is 11.0. The van der Waals surface area contributed by atoms with E-state index >= 15 is 0 Å². The fraction of sp³-hybridized carbons (Fsp3) is 0.583. The molecule has 0 unspecified atom stereocenters. The molecule has 1 aliphatic rings. The molecule has 0 aromatic carbocycles. The van der Waals surface area contributed by atoms with Gasteiger partial charge < -0.3 is 5.32 Å². The van der Waals surface area contributed by atoms with Crippen LogP contribution in [0.5, 0.6) is 0 Å². The molecule has 1 saturated carbocycles. The van der Waals surface area contributed by atoms with E-state index in [0.29, 0.717) is 11.7 Å². The molecule has 18 heavy (non-hydrogen) atoms. The third-order valence-corrected chi connectivity index (χ3v) is 4.62. The lowest BCUT2D eigenvalue weighted by Crippen LogP contribution is -2.13. The molecule has 2 N–H and O–H groups in total. The van der Waals surface area contributed by atoms with Gasteiger partial charge in [0.05, 0.1) is 0 Å². The van der Waals surface area contributed by atoms with Gasteiger partial charge in [-0.05, 0) is 10.8 Å². The average molecular weight is 247 g/mol. The highest BCUT2D eigenvalue weighted by molar-refractivity contribution is 5.51. The standard InChI is InChI=1S/C12H17N5O/c1-11(2)9(12(11,3)4)14-7-5-8-15-16-10(18)17(8)6-13-7/h5-6,9,14H,1-4H3,(H,16,18). The van der Waals surface area contributed by atoms with Crippen LogP contribution in [0.3, 0.4) is 0 Å². The molecule has 0 aliphatic heterocycles. The Bertz CT molecular complexity index is 652. The van der Waals surface area contributed by atoms with E-state index in [1.54, 1.807) is 6.07 Å². The summed E-state index contributed by atoms with van der Waals surface area (Å²) in [6.07, 6.45) is 1.49. The number of H-pyrrole nitrogens is 1. The molecular formula is C12H17N5O. The third-order valence-electron chi connectivity index (χ3n) is 4.62. The van der Waals surface area contributed by atoms with Gasteiger partial charge in [-0.25, -0.2) is 19.3 Å². The normalized spacial score (nSPS) is 21.1. The number of hydrogen-bond acceptors (Lipinski definition) is 4. The maximum absolute atomic E-state index is 11.3. The summed E-state index contributed by atoms with van der Waals surface area (Å²) in [5.41, 5.74) is 0.794. The molecule has 96 valence electrons. The van der Waals surface area contributed by atoms with Crippen molar-refractivity contribution in [2.45, 2.75) is 33.7 Å². The summed E-state index contributed by atoms with van der Waals surface area (Å²) < 4.78 is 1.38. The molecule has 0 bridgehead atoms. The number of aromatic amines is 1. The second kappa shape index (κ2) is 3.13. The number of nitrogens with one attached hydrogen (secondary N) is 2. The van der Waals surface area contributed by atoms with E-state index in [0.717, 1.165) is 5.82 Å². The highest BCUT2D eigenvalue weighted by Crippen LogP contribution is 2.63. The molecule has 0 radical (unpaired) electrons. The van der Waals surface area contributed by atoms with Crippen molar-refractivity contribution in [2.75, 3.05) is 5.32 Å². The maximum atomic E-state index is 11.3. The van der Waals surface area contributed by atoms with E-state index in [2.05, 4.69) is 48.2 Å². The van der Waals surface area contributed by atoms with Crippen molar-refractivity contribution in [1.29, 1.82) is 0 Å². The van der Waals surface area contributed by atoms with Gasteiger partial charge in [-0.2, -0.15) is 5.10 Å². The average Bonchev–Trinajstić information content (AvgIpc) is 2.63. The molecule has 1 aliphatic carbocycles. The minimum atomic E-state index is -0.267. The van der Waals surface area contributed by atoms with Crippen molar-refractivity contribution < 1.29 is 0 Å². The van der Waals surface area contributed by atoms with Crippen LogP contribution in [0.15, 0.2) is 17.2 Å². The number of hydrogen-bond donors (Lipinski definition) is 2. The van der Waals surface area contributed by atoms with Gasteiger partial charge in [0.25, 0.3) is 0 Å². The Hall–Kier alpha value is -1.85. The first-order valence-electron chi connectivity index (χ1n) is 6.03. The Balaban J connectivity index is 1.91. The van der Waals surface area contributed by atoms with Crippen molar-refractivity contribution in [2.24, 2.45) is 10.8 Å². The van der Waals surface area contributed by atoms with E-state index in [9.17, 15) is 4.79 Å². The van der Waals surface area contributed by atoms with E-state index in [1.165, 1.54) is 10.7 Å². The molecule has 0 atom stereocenters. The highest BCUT2D eigenvalue weighted by Gasteiger charge is 2.65. The van der Waals surface area contributed by atoms with Gasteiger partial charge in [-0.3, -0.25) is 0 Å². The Morgan fingerprint density at radius 3 is 2.61 bits per heavy atom. The Morgan fingerprint density at radius 1 is 1.33 bits per heavy atom. The van der Waals surface area contributed by atoms with Crippen LogP contribution < -0.4 is 11.0 Å². The molecule has 0 amide bonds. The van der Waals surface area contributed by atoms with Crippen molar-refractivity contribution in [3.8, 4) is 0 Å². The van der Waals surface area contributed by atoms with Crippen molar-refractivity contribution in [1.82, 2.24) is 19.6 Å². The summed E-state index contributed by atoms with van der Waals surface area (Å²) in [6.45, 7) is 8.95. The summed E-state index contributed by atoms with van der Waals surface area (Å²) >= 11 is 0. The maximum Gasteiger partial charge on any atom is 0.348 e. The fourth-order valence-corrected chi connectivity index (χ4v) is 2.59. The van der Waals surface area contributed by atoms with Gasteiger partial charge in [0.2, 0.25) is 0 Å². The van der Waals surface area contributed by atoms with Gasteiger partial charge in [-0.1, -0.05) is 27.7 Å². The lowest BCUT2D eigenvalue weighted by Gasteiger charge is -2.06. The van der Waals surface area contributed by atoms with Crippen LogP contribution in [0.1, 0.15) is 27.7 Å². The number of anilines is 1. The first-order chi connectivity index (χ1) is 8.34. The first-order valence-corrected chi connectivity index (χ1v) is 6.03. The molecule has 2 aromatic heterocycles. The highest BCUT2D eigenvalue weighted by atomic mass is 16.1. The van der Waals surface area contributed by atoms with Gasteiger partial charge in [0.1, 0.15) is 12.1 Å². The molecule has 6 heteroatoms. The smallest absolute Gasteiger partial charge is 0.348 e. The van der Waals surface area contributed by atoms with E-state index < -0.39 is 0 Å². The van der Waals surface area contributed by atoms with Crippen molar-refractivity contribution in [3.05, 3.63) is 22.9 Å². The third kappa shape index (κ3) is 1.31. The van der Waals surface area contributed by atoms with Crippen LogP contribution in [0.25, 0.3) is 5.65 Å². The van der Waals surface area contributed by atoms with Gasteiger partial charge in [0, 0.05) is 12.1 Å². The van der Waals surface area contributed by atoms with E-state index in [1.807, 2.05) is 0 Å². The van der Waals surface area contributed by atoms with Crippen LogP contribution in [0, 0.1) is 10.8 Å². The molecule has 3 rings (SSSR count). The SMILES string of the molecule is CC1(C)C(Nc2cc3n[nH]c(=O)n3cn2)C1(C)C. The summed E-state index contributed by atoms with van der Waals surface area (Å²) in [4.78, 5) is 15.6. The zero-order chi connectivity index (χ0) is 13.1. The van der Waals surface area contributed by atoms with Crippen LogP contribution in [0.4, 0.5) is 5.82 Å². The number of aromatic nitrogens is 4. The van der Waals surface area contributed by atoms with E-state index in [-0.39, 0.29) is 16.5 Å². The predicted molar refractivity (Wildman–Crippen MR) is 68.6 cm³/mol. The second-order valence-electron chi connectivity index (χ2n) is 6.05. The molecule has 0 saturated heterocycles. The Labute approximate surface area is 104 Å². The number of nitrogens with zero attached hydrogens (tertiary/aromatic N) is 3. The molecule has 0 spiro atoms. The van der Waals surface area contributed by atoms with E-state index in [4.69, 9.17) is 0 Å². The molecule has 6 nitrogen and oxygen atoms in total. The summed E-state index contributed by atoms with van der Waals surface area (Å²) in [5.74, 6) is 0.755. The predicted octanol–water partition coefficient (Wildman–Crippen LogP) is 1.26. The lowest BCUT2D eigenvalue weighted by molar-refractivity contribution is 0.457. The topological polar surface area (TPSA) is 75.1 Å². The van der Waals surface area contributed by atoms with Crippen LogP contribution >= 0.6 is 0 Å². The summed E-state index contributed by atoms with van der Waals surface area (Å²) in [5, 5.41) is 9.74. The Morgan fingerprint density at radius 2 is 2.00 bits per heavy atom. The lowest BCUT2D eigenvalue weighted by atomic mass is 10.0. The summed E-state index contributed by atoms with van der Waals surface area (Å²) in [6, 6.07) is 2.16. The van der Waals surface area contributed by atoms with Gasteiger partial charge >= 0.3 is 5.69 Å². The molecule has 2 heterocycles. The second-order valence-corrected chi connectivity index (χ2v) is 6.05. The minimum Gasteiger partial charge on any atom is -0.366 e. The zero-order valence-electron chi connectivity index (χ0n) is 11.0. The number of fused-ring (bicyclic) bond motifs is 1. The minimum absolute atomic E-state index is 0.242. The Kier molecular flexibility index (Phi) is 1.95. The van der Waals surface area contributed by atoms with Crippen LogP contribution in [-0.2, 0) is 0 Å². The summed E-state index contributed by atoms with van der Waals surface area (Å²) in [7, 11) is 0. The van der Waals surface area contributed by atoms with Crippen LogP contribution in [0.2, 0.25) is 0 Å². The van der Waals surface area contributed by atoms with Crippen molar-refractivity contribution >= 4 is 11.5 Å². The quantitative estimate of drug-likeness (QED) is 0.838. The van der Waals surface area contributed by atoms with Crippen molar-refractivity contribution in [3.63, 3.8) is 0 Å². The molecular weight excluding hydrogens is 230 g/mol. The number of rotatable bonds is 2. The largest absolute Gasteiger partial charge is 0.366 e. The van der Waals surface area contributed by atoms with Gasteiger partial charge in [-0.15, -0.1) is 0 Å². The monoisotopic (exact) mass is 247 g/mol. The van der Waals surface area contributed by atoms with Gasteiger partial charge in [0.15, 0.2) is 5.65 Å². The fourth-order valence-electron chi connectivity index (χ4n) is 2.59.